The van der Waals surface area contributed by atoms with Crippen LogP contribution in [-0.2, 0) is 9.78 Å². The number of ether oxygens (including phenoxy) is 2. The molecule has 0 N–H and O–H groups in total. The van der Waals surface area contributed by atoms with Crippen molar-refractivity contribution in [3.05, 3.63) is 18.2 Å². The minimum Gasteiger partial charge on any atom is -0.493 e. The topological polar surface area (TPSA) is 94.1 Å². The maximum Gasteiger partial charge on any atom is 0.360 e. The van der Waals surface area contributed by atoms with Crippen LogP contribution in [0.1, 0.15) is 41.5 Å². The Bertz CT molecular complexity index is 763. The summed E-state index contributed by atoms with van der Waals surface area (Å²) in [5.74, 6) is 1.40. The molecule has 0 amide bonds. The van der Waals surface area contributed by atoms with E-state index >= 15 is 0 Å². The Labute approximate surface area is 164 Å². The van der Waals surface area contributed by atoms with Gasteiger partial charge in [0.2, 0.25) is 0 Å². The van der Waals surface area contributed by atoms with Crippen molar-refractivity contribution in [1.29, 1.82) is 0 Å². The third-order valence-electron chi connectivity index (χ3n) is 2.97. The van der Waals surface area contributed by atoms with Gasteiger partial charge in [-0.3, -0.25) is 9.78 Å². The molecule has 0 aliphatic rings. The van der Waals surface area contributed by atoms with Gasteiger partial charge in [-0.2, -0.15) is 19.7 Å². The van der Waals surface area contributed by atoms with E-state index in [-0.39, 0.29) is 17.8 Å². The lowest BCUT2D eigenvalue weighted by Gasteiger charge is -2.18. The Hall–Kier alpha value is -2.65. The molecule has 0 atom stereocenters. The van der Waals surface area contributed by atoms with E-state index in [9.17, 15) is 0 Å². The molecule has 0 aliphatic heterocycles. The third kappa shape index (κ3) is 6.50. The average Bonchev–Trinajstić information content (AvgIpc) is 2.63. The molecule has 28 heavy (non-hydrogen) atoms. The van der Waals surface area contributed by atoms with Crippen LogP contribution in [0, 0.1) is 0 Å². The lowest BCUT2D eigenvalue weighted by atomic mass is 10.2. The number of rotatable bonds is 7. The first kappa shape index (κ1) is 21.6. The summed E-state index contributed by atoms with van der Waals surface area (Å²) in [6, 6.07) is 5.12. The third-order valence-corrected chi connectivity index (χ3v) is 2.97. The minimum absolute atomic E-state index is 0.0674. The van der Waals surface area contributed by atoms with Gasteiger partial charge in [-0.05, 0) is 59.7 Å². The average molecular weight is 393 g/mol. The lowest BCUT2D eigenvalue weighted by Crippen LogP contribution is -2.23. The van der Waals surface area contributed by atoms with Gasteiger partial charge in [0.15, 0.2) is 17.3 Å². The summed E-state index contributed by atoms with van der Waals surface area (Å²) in [5.41, 5.74) is -0.473. The van der Waals surface area contributed by atoms with E-state index in [1.807, 2.05) is 41.5 Å². The fraction of sp³-hybridized carbons (Fsp3) is 0.526. The Kier molecular flexibility index (Phi) is 6.63. The molecule has 2 aromatic rings. The van der Waals surface area contributed by atoms with Crippen molar-refractivity contribution < 1.29 is 29.0 Å². The van der Waals surface area contributed by atoms with E-state index < -0.39 is 11.2 Å². The van der Waals surface area contributed by atoms with E-state index in [2.05, 4.69) is 15.0 Å². The van der Waals surface area contributed by atoms with Crippen LogP contribution in [0.25, 0.3) is 11.4 Å². The number of hydrogen-bond acceptors (Lipinski definition) is 9. The Morgan fingerprint density at radius 3 is 1.61 bits per heavy atom. The number of hydrogen-bond donors (Lipinski definition) is 0. The Morgan fingerprint density at radius 1 is 0.679 bits per heavy atom. The molecule has 2 rings (SSSR count). The van der Waals surface area contributed by atoms with E-state index in [0.29, 0.717) is 17.1 Å². The van der Waals surface area contributed by atoms with Gasteiger partial charge in [0.1, 0.15) is 11.2 Å². The quantitative estimate of drug-likeness (QED) is 0.514. The molecule has 0 saturated heterocycles. The first-order chi connectivity index (χ1) is 13.0. The zero-order valence-electron chi connectivity index (χ0n) is 17.5. The number of aromatic nitrogens is 3. The van der Waals surface area contributed by atoms with Crippen LogP contribution in [0.4, 0.5) is 0 Å². The number of benzene rings is 1. The molecule has 9 nitrogen and oxygen atoms in total. The first-order valence-corrected chi connectivity index (χ1v) is 8.70. The van der Waals surface area contributed by atoms with Gasteiger partial charge in [0.05, 0.1) is 14.2 Å². The van der Waals surface area contributed by atoms with Gasteiger partial charge in [0.25, 0.3) is 0 Å². The highest BCUT2D eigenvalue weighted by molar-refractivity contribution is 5.61. The van der Waals surface area contributed by atoms with Gasteiger partial charge in [0, 0.05) is 5.56 Å². The van der Waals surface area contributed by atoms with E-state index in [1.54, 1.807) is 32.4 Å². The summed E-state index contributed by atoms with van der Waals surface area (Å²) >= 11 is 0. The van der Waals surface area contributed by atoms with Crippen molar-refractivity contribution in [1.82, 2.24) is 15.0 Å². The van der Waals surface area contributed by atoms with Gasteiger partial charge >= 0.3 is 12.0 Å². The van der Waals surface area contributed by atoms with Crippen molar-refractivity contribution in [3.8, 4) is 34.9 Å². The first-order valence-electron chi connectivity index (χ1n) is 8.70. The predicted octanol–water partition coefficient (Wildman–Crippen LogP) is 3.77. The minimum atomic E-state index is -0.556. The van der Waals surface area contributed by atoms with Crippen LogP contribution in [0.15, 0.2) is 18.2 Å². The highest BCUT2D eigenvalue weighted by Gasteiger charge is 2.20. The smallest absolute Gasteiger partial charge is 0.360 e. The zero-order chi connectivity index (χ0) is 20.9. The summed E-state index contributed by atoms with van der Waals surface area (Å²) in [7, 11) is 3.11. The van der Waals surface area contributed by atoms with E-state index in [4.69, 9.17) is 29.0 Å². The summed E-state index contributed by atoms with van der Waals surface area (Å²) < 4.78 is 10.6. The molecule has 1 aromatic carbocycles. The fourth-order valence-electron chi connectivity index (χ4n) is 1.84. The summed E-state index contributed by atoms with van der Waals surface area (Å²) in [6.07, 6.45) is 0. The van der Waals surface area contributed by atoms with Gasteiger partial charge in [-0.25, -0.2) is 0 Å². The van der Waals surface area contributed by atoms with Crippen LogP contribution >= 0.6 is 0 Å². The van der Waals surface area contributed by atoms with Crippen molar-refractivity contribution in [2.45, 2.75) is 52.7 Å². The van der Waals surface area contributed by atoms with Crippen LogP contribution in [0.2, 0.25) is 0 Å². The maximum atomic E-state index is 5.34. The number of methoxy groups -OCH3 is 2. The largest absolute Gasteiger partial charge is 0.493 e. The van der Waals surface area contributed by atoms with Gasteiger partial charge < -0.3 is 9.47 Å². The standard InChI is InChI=1S/C19H27N3O6/c1-18(2,3)27-25-16-20-15(21-17(22-16)26-28-19(4,5)6)12-9-10-13(23-7)14(11-12)24-8/h9-11H,1-8H3. The molecule has 0 spiro atoms. The van der Waals surface area contributed by atoms with Crippen LogP contribution in [-0.4, -0.2) is 40.4 Å². The van der Waals surface area contributed by atoms with Crippen LogP contribution in [0.5, 0.6) is 23.5 Å². The maximum absolute atomic E-state index is 5.34. The van der Waals surface area contributed by atoms with Crippen LogP contribution < -0.4 is 19.2 Å². The molecular formula is C19H27N3O6. The van der Waals surface area contributed by atoms with Crippen molar-refractivity contribution in [2.24, 2.45) is 0 Å². The molecule has 1 aromatic heterocycles. The molecule has 0 saturated carbocycles. The molecule has 0 aliphatic carbocycles. The molecule has 154 valence electrons. The zero-order valence-corrected chi connectivity index (χ0v) is 17.5. The fourth-order valence-corrected chi connectivity index (χ4v) is 1.84. The molecule has 0 bridgehead atoms. The normalized spacial score (nSPS) is 11.9. The van der Waals surface area contributed by atoms with E-state index in [0.717, 1.165) is 0 Å². The van der Waals surface area contributed by atoms with Gasteiger partial charge in [-0.15, -0.1) is 4.98 Å². The van der Waals surface area contributed by atoms with Crippen molar-refractivity contribution in [2.75, 3.05) is 14.2 Å². The number of nitrogens with zero attached hydrogens (tertiary/aromatic N) is 3. The Balaban J connectivity index is 2.40. The Morgan fingerprint density at radius 2 is 1.18 bits per heavy atom. The molecule has 9 heteroatoms. The molecular weight excluding hydrogens is 366 g/mol. The van der Waals surface area contributed by atoms with Gasteiger partial charge in [-0.1, -0.05) is 0 Å². The summed E-state index contributed by atoms with van der Waals surface area (Å²) in [4.78, 5) is 33.7. The second kappa shape index (κ2) is 8.57. The van der Waals surface area contributed by atoms with Crippen LogP contribution in [0.3, 0.4) is 0 Å². The highest BCUT2D eigenvalue weighted by atomic mass is 17.2. The van der Waals surface area contributed by atoms with Crippen molar-refractivity contribution >= 4 is 0 Å². The highest BCUT2D eigenvalue weighted by Crippen LogP contribution is 2.32. The summed E-state index contributed by atoms with van der Waals surface area (Å²) in [6.45, 7) is 11.0. The monoisotopic (exact) mass is 393 g/mol. The SMILES string of the molecule is COc1ccc(-c2nc(OOC(C)(C)C)nc(OOC(C)(C)C)n2)cc1OC. The molecule has 0 radical (unpaired) electrons. The lowest BCUT2D eigenvalue weighted by molar-refractivity contribution is -0.287. The molecule has 0 fully saturated rings. The second-order valence-electron chi connectivity index (χ2n) is 7.85. The van der Waals surface area contributed by atoms with E-state index in [1.165, 1.54) is 0 Å². The van der Waals surface area contributed by atoms with Crippen molar-refractivity contribution in [3.63, 3.8) is 0 Å². The second-order valence-corrected chi connectivity index (χ2v) is 7.85. The summed E-state index contributed by atoms with van der Waals surface area (Å²) in [5, 5.41) is 0. The molecule has 1 heterocycles. The predicted molar refractivity (Wildman–Crippen MR) is 101 cm³/mol. The molecule has 0 unspecified atom stereocenters.